The van der Waals surface area contributed by atoms with Gasteiger partial charge in [0.05, 0.1) is 0 Å². The predicted octanol–water partition coefficient (Wildman–Crippen LogP) is 2.89. The van der Waals surface area contributed by atoms with Crippen molar-refractivity contribution in [3.63, 3.8) is 0 Å². The van der Waals surface area contributed by atoms with E-state index >= 15 is 0 Å². The Morgan fingerprint density at radius 2 is 1.81 bits per heavy atom. The van der Waals surface area contributed by atoms with Crippen LogP contribution in [0.4, 0.5) is 10.6 Å². The molecule has 0 bridgehead atoms. The lowest BCUT2D eigenvalue weighted by Gasteiger charge is -2.26. The molecule has 1 aromatic rings. The van der Waals surface area contributed by atoms with Gasteiger partial charge in [0.15, 0.2) is 5.82 Å². The van der Waals surface area contributed by atoms with Crippen molar-refractivity contribution < 1.29 is 19.1 Å². The summed E-state index contributed by atoms with van der Waals surface area (Å²) < 4.78 is 7.00. The van der Waals surface area contributed by atoms with E-state index in [-0.39, 0.29) is 23.8 Å². The molecule has 1 atom stereocenters. The van der Waals surface area contributed by atoms with Gasteiger partial charge >= 0.3 is 6.09 Å². The van der Waals surface area contributed by atoms with Crippen molar-refractivity contribution in [3.05, 3.63) is 12.3 Å². The number of carbonyl (C=O) groups is 3. The van der Waals surface area contributed by atoms with E-state index in [0.29, 0.717) is 12.8 Å². The fourth-order valence-electron chi connectivity index (χ4n) is 2.84. The number of aryl methyl sites for hydroxylation is 1. The maximum atomic E-state index is 12.5. The molecular weight excluding hydrogens is 348 g/mol. The van der Waals surface area contributed by atoms with Gasteiger partial charge in [-0.3, -0.25) is 14.3 Å². The van der Waals surface area contributed by atoms with Crippen molar-refractivity contribution in [1.29, 1.82) is 0 Å². The number of alkyl carbamates (subject to hydrolysis) is 1. The molecule has 8 nitrogen and oxygen atoms in total. The van der Waals surface area contributed by atoms with Crippen LogP contribution in [0.1, 0.15) is 53.9 Å². The highest BCUT2D eigenvalue weighted by Crippen LogP contribution is 2.16. The van der Waals surface area contributed by atoms with Gasteiger partial charge in [0.25, 0.3) is 5.91 Å². The topological polar surface area (TPSA) is 102 Å². The molecule has 8 heteroatoms. The van der Waals surface area contributed by atoms with E-state index in [1.807, 2.05) is 34.6 Å². The molecule has 0 unspecified atom stereocenters. The molecule has 0 fully saturated rings. The number of nitrogens with one attached hydrogen (secondary N) is 2. The average molecular weight is 380 g/mol. The molecule has 0 aliphatic carbocycles. The third-order valence-corrected chi connectivity index (χ3v) is 4.19. The molecule has 1 aromatic heterocycles. The number of ether oxygens (including phenoxy) is 1. The van der Waals surface area contributed by atoms with E-state index in [1.165, 1.54) is 4.68 Å². The zero-order valence-corrected chi connectivity index (χ0v) is 17.1. The maximum Gasteiger partial charge on any atom is 0.408 e. The van der Waals surface area contributed by atoms with Crippen LogP contribution in [0.25, 0.3) is 0 Å². The van der Waals surface area contributed by atoms with Crippen LogP contribution >= 0.6 is 0 Å². The first-order chi connectivity index (χ1) is 12.6. The number of rotatable bonds is 10. The van der Waals surface area contributed by atoms with E-state index in [4.69, 9.17) is 4.74 Å². The second-order valence-corrected chi connectivity index (χ2v) is 7.39. The van der Waals surface area contributed by atoms with E-state index in [2.05, 4.69) is 15.7 Å². The first-order valence-corrected chi connectivity index (χ1v) is 9.47. The molecule has 1 heterocycles. The van der Waals surface area contributed by atoms with Gasteiger partial charge in [0, 0.05) is 19.3 Å². The number of anilines is 1. The van der Waals surface area contributed by atoms with Crippen LogP contribution < -0.4 is 10.6 Å². The van der Waals surface area contributed by atoms with Crippen LogP contribution in [0.5, 0.6) is 0 Å². The van der Waals surface area contributed by atoms with Crippen molar-refractivity contribution >= 4 is 23.6 Å². The summed E-state index contributed by atoms with van der Waals surface area (Å²) in [6, 6.07) is 0.658. The number of nitrogens with zero attached hydrogens (tertiary/aromatic N) is 2. The van der Waals surface area contributed by atoms with Crippen LogP contribution in [0, 0.1) is 11.8 Å². The summed E-state index contributed by atoms with van der Waals surface area (Å²) in [6.45, 7) is 9.85. The molecule has 0 saturated carbocycles. The Kier molecular flexibility index (Phi) is 8.97. The summed E-state index contributed by atoms with van der Waals surface area (Å²) in [5.74, 6) is -0.940. The largest absolute Gasteiger partial charge is 0.446 e. The van der Waals surface area contributed by atoms with Crippen molar-refractivity contribution in [2.75, 3.05) is 5.32 Å². The van der Waals surface area contributed by atoms with Gasteiger partial charge in [0.2, 0.25) is 5.78 Å². The molecule has 1 rings (SSSR count). The summed E-state index contributed by atoms with van der Waals surface area (Å²) >= 11 is 0. The lowest BCUT2D eigenvalue weighted by atomic mass is 9.96. The molecule has 27 heavy (non-hydrogen) atoms. The summed E-state index contributed by atoms with van der Waals surface area (Å²) in [4.78, 5) is 37.1. The first kappa shape index (κ1) is 22.7. The van der Waals surface area contributed by atoms with Gasteiger partial charge in [-0.05, 0) is 18.3 Å². The second kappa shape index (κ2) is 10.7. The van der Waals surface area contributed by atoms with Crippen LogP contribution in [-0.4, -0.2) is 39.7 Å². The van der Waals surface area contributed by atoms with Crippen molar-refractivity contribution in [1.82, 2.24) is 15.1 Å². The van der Waals surface area contributed by atoms with Crippen LogP contribution in [0.3, 0.4) is 0 Å². The Balaban J connectivity index is 2.76. The minimum Gasteiger partial charge on any atom is -0.446 e. The lowest BCUT2D eigenvalue weighted by molar-refractivity contribution is -0.136. The molecule has 2 N–H and O–H groups in total. The van der Waals surface area contributed by atoms with Gasteiger partial charge in [0.1, 0.15) is 12.1 Å². The number of hydrogen-bond donors (Lipinski definition) is 2. The number of amides is 2. The molecule has 152 valence electrons. The van der Waals surface area contributed by atoms with Gasteiger partial charge in [-0.25, -0.2) is 4.79 Å². The van der Waals surface area contributed by atoms with Crippen molar-refractivity contribution in [2.45, 2.75) is 66.0 Å². The fourth-order valence-corrected chi connectivity index (χ4v) is 2.84. The molecule has 0 aliphatic heterocycles. The van der Waals surface area contributed by atoms with Crippen LogP contribution in [0.2, 0.25) is 0 Å². The number of Topliss-reactive ketones (excluding diaryl/α,β-unsaturated/α-hetero) is 1. The quantitative estimate of drug-likeness (QED) is 0.608. The highest BCUT2D eigenvalue weighted by molar-refractivity contribution is 6.42. The molecular formula is C19H32N4O4. The minimum absolute atomic E-state index is 0.146. The summed E-state index contributed by atoms with van der Waals surface area (Å²) in [7, 11) is 1.71. The molecule has 0 aliphatic rings. The summed E-state index contributed by atoms with van der Waals surface area (Å²) in [6.07, 6.45) is 2.61. The number of carbonyl (C=O) groups excluding carboxylic acids is 3. The molecule has 2 amide bonds. The zero-order chi connectivity index (χ0) is 20.6. The third kappa shape index (κ3) is 7.40. The third-order valence-electron chi connectivity index (χ3n) is 4.19. The lowest BCUT2D eigenvalue weighted by Crippen LogP contribution is -2.47. The Labute approximate surface area is 161 Å². The standard InChI is InChI=1S/C19H32N4O4/c1-7-8-9-14(20-19(26)27-17(12(2)3)13(4)5)16(24)18(25)21-15-10-11-23(6)22-15/h10-14,17H,7-9H2,1-6H3,(H,20,26)(H,21,22,25)/t14-/m0/s1. The number of aromatic nitrogens is 2. The minimum atomic E-state index is -0.930. The normalized spacial score (nSPS) is 12.3. The number of ketones is 1. The van der Waals surface area contributed by atoms with Gasteiger partial charge in [-0.15, -0.1) is 0 Å². The van der Waals surface area contributed by atoms with Crippen molar-refractivity contribution in [2.24, 2.45) is 18.9 Å². The Bertz CT molecular complexity index is 631. The monoisotopic (exact) mass is 380 g/mol. The fraction of sp³-hybridized carbons (Fsp3) is 0.684. The van der Waals surface area contributed by atoms with E-state index in [0.717, 1.165) is 6.42 Å². The zero-order valence-electron chi connectivity index (χ0n) is 17.1. The van der Waals surface area contributed by atoms with Crippen LogP contribution in [0.15, 0.2) is 12.3 Å². The van der Waals surface area contributed by atoms with E-state index < -0.39 is 23.8 Å². The first-order valence-electron chi connectivity index (χ1n) is 9.47. The van der Waals surface area contributed by atoms with Gasteiger partial charge in [-0.1, -0.05) is 47.5 Å². The summed E-state index contributed by atoms with van der Waals surface area (Å²) in [5, 5.41) is 9.04. The Morgan fingerprint density at radius 1 is 1.19 bits per heavy atom. The van der Waals surface area contributed by atoms with Gasteiger partial charge < -0.3 is 15.4 Å². The average Bonchev–Trinajstić information content (AvgIpc) is 2.99. The molecule has 0 aromatic carbocycles. The molecule has 0 spiro atoms. The van der Waals surface area contributed by atoms with E-state index in [9.17, 15) is 14.4 Å². The maximum absolute atomic E-state index is 12.5. The SMILES string of the molecule is CCCC[C@H](NC(=O)OC(C(C)C)C(C)C)C(=O)C(=O)Nc1ccn(C)n1. The number of unbranched alkanes of at least 4 members (excludes halogenated alkanes) is 1. The highest BCUT2D eigenvalue weighted by atomic mass is 16.6. The number of hydrogen-bond acceptors (Lipinski definition) is 5. The second-order valence-electron chi connectivity index (χ2n) is 7.39. The Hall–Kier alpha value is -2.38. The highest BCUT2D eigenvalue weighted by Gasteiger charge is 2.29. The smallest absolute Gasteiger partial charge is 0.408 e. The molecule has 0 radical (unpaired) electrons. The predicted molar refractivity (Wildman–Crippen MR) is 103 cm³/mol. The van der Waals surface area contributed by atoms with Crippen molar-refractivity contribution in [3.8, 4) is 0 Å². The Morgan fingerprint density at radius 3 is 2.30 bits per heavy atom. The van der Waals surface area contributed by atoms with Gasteiger partial charge in [-0.2, -0.15) is 5.10 Å². The van der Waals surface area contributed by atoms with E-state index in [1.54, 1.807) is 19.3 Å². The van der Waals surface area contributed by atoms with Crippen LogP contribution in [-0.2, 0) is 21.4 Å². The molecule has 0 saturated heterocycles. The summed E-state index contributed by atoms with van der Waals surface area (Å²) in [5.41, 5.74) is 0.